The van der Waals surface area contributed by atoms with E-state index >= 15 is 0 Å². The lowest BCUT2D eigenvalue weighted by molar-refractivity contribution is -0.111. The standard InChI is InChI=1S/C18H18N4O3S/c1-22-10-12(9-19-22)4-7-17(23)21-18-20-14(11-26-18)13-5-6-15(24-2)16(8-13)25-3/h4-11H,1-3H3,(H,20,21,23)/b7-4+. The van der Waals surface area contributed by atoms with Crippen LogP contribution in [0.5, 0.6) is 11.5 Å². The van der Waals surface area contributed by atoms with E-state index in [1.807, 2.05) is 36.8 Å². The van der Waals surface area contributed by atoms with Crippen molar-refractivity contribution < 1.29 is 14.3 Å². The fourth-order valence-corrected chi connectivity index (χ4v) is 3.03. The van der Waals surface area contributed by atoms with E-state index in [2.05, 4.69) is 15.4 Å². The van der Waals surface area contributed by atoms with Crippen LogP contribution in [-0.2, 0) is 11.8 Å². The third-order valence-electron chi connectivity index (χ3n) is 3.57. The minimum absolute atomic E-state index is 0.248. The van der Waals surface area contributed by atoms with Crippen molar-refractivity contribution in [3.63, 3.8) is 0 Å². The van der Waals surface area contributed by atoms with Gasteiger partial charge in [0.1, 0.15) is 0 Å². The Morgan fingerprint density at radius 3 is 2.77 bits per heavy atom. The summed E-state index contributed by atoms with van der Waals surface area (Å²) >= 11 is 1.36. The number of hydrogen-bond donors (Lipinski definition) is 1. The number of benzene rings is 1. The predicted octanol–water partition coefficient (Wildman–Crippen LogP) is 3.21. The Morgan fingerprint density at radius 2 is 2.08 bits per heavy atom. The van der Waals surface area contributed by atoms with Crippen LogP contribution in [0, 0.1) is 0 Å². The molecule has 0 aliphatic rings. The zero-order chi connectivity index (χ0) is 18.5. The normalized spacial score (nSPS) is 10.9. The van der Waals surface area contributed by atoms with Crippen LogP contribution in [0.1, 0.15) is 5.56 Å². The van der Waals surface area contributed by atoms with Gasteiger partial charge in [0.15, 0.2) is 16.6 Å². The summed E-state index contributed by atoms with van der Waals surface area (Å²) < 4.78 is 12.2. The summed E-state index contributed by atoms with van der Waals surface area (Å²) in [5, 5.41) is 9.21. The summed E-state index contributed by atoms with van der Waals surface area (Å²) in [5.74, 6) is 1.03. The van der Waals surface area contributed by atoms with Crippen molar-refractivity contribution in [2.24, 2.45) is 7.05 Å². The van der Waals surface area contributed by atoms with Crippen LogP contribution in [0.3, 0.4) is 0 Å². The number of carbonyl (C=O) groups is 1. The predicted molar refractivity (Wildman–Crippen MR) is 102 cm³/mol. The first kappa shape index (κ1) is 17.7. The Balaban J connectivity index is 1.69. The number of thiazole rings is 1. The highest BCUT2D eigenvalue weighted by molar-refractivity contribution is 7.14. The quantitative estimate of drug-likeness (QED) is 0.674. The van der Waals surface area contributed by atoms with Crippen LogP contribution >= 0.6 is 11.3 Å². The van der Waals surface area contributed by atoms with E-state index in [0.29, 0.717) is 16.6 Å². The van der Waals surface area contributed by atoms with E-state index < -0.39 is 0 Å². The number of amides is 1. The van der Waals surface area contributed by atoms with E-state index in [9.17, 15) is 4.79 Å². The molecular weight excluding hydrogens is 352 g/mol. The molecule has 1 aromatic carbocycles. The average Bonchev–Trinajstić information content (AvgIpc) is 3.28. The van der Waals surface area contributed by atoms with Crippen molar-refractivity contribution >= 4 is 28.5 Å². The second kappa shape index (κ2) is 7.83. The Hall–Kier alpha value is -3.13. The third kappa shape index (κ3) is 4.09. The van der Waals surface area contributed by atoms with Gasteiger partial charge in [-0.25, -0.2) is 4.98 Å². The van der Waals surface area contributed by atoms with Crippen molar-refractivity contribution in [3.8, 4) is 22.8 Å². The number of hydrogen-bond acceptors (Lipinski definition) is 6. The highest BCUT2D eigenvalue weighted by atomic mass is 32.1. The van der Waals surface area contributed by atoms with E-state index in [-0.39, 0.29) is 5.91 Å². The number of aryl methyl sites for hydroxylation is 1. The zero-order valence-electron chi connectivity index (χ0n) is 14.6. The lowest BCUT2D eigenvalue weighted by Gasteiger charge is -2.08. The largest absolute Gasteiger partial charge is 0.493 e. The molecule has 3 rings (SSSR count). The highest BCUT2D eigenvalue weighted by Crippen LogP contribution is 2.33. The van der Waals surface area contributed by atoms with Crippen LogP contribution in [-0.4, -0.2) is 34.9 Å². The van der Waals surface area contributed by atoms with E-state index in [4.69, 9.17) is 9.47 Å². The topological polar surface area (TPSA) is 78.3 Å². The summed E-state index contributed by atoms with van der Waals surface area (Å²) in [6.07, 6.45) is 6.66. The summed E-state index contributed by atoms with van der Waals surface area (Å²) in [7, 11) is 5.00. The van der Waals surface area contributed by atoms with Gasteiger partial charge in [-0.05, 0) is 24.3 Å². The van der Waals surface area contributed by atoms with Crippen LogP contribution < -0.4 is 14.8 Å². The Kier molecular flexibility index (Phi) is 5.33. The number of anilines is 1. The van der Waals surface area contributed by atoms with Crippen LogP contribution in [0.2, 0.25) is 0 Å². The number of nitrogens with zero attached hydrogens (tertiary/aromatic N) is 3. The lowest BCUT2D eigenvalue weighted by atomic mass is 10.1. The van der Waals surface area contributed by atoms with Gasteiger partial charge < -0.3 is 9.47 Å². The first-order valence-electron chi connectivity index (χ1n) is 7.74. The second-order valence-corrected chi connectivity index (χ2v) is 6.24. The minimum Gasteiger partial charge on any atom is -0.493 e. The van der Waals surface area contributed by atoms with Crippen LogP contribution in [0.25, 0.3) is 17.3 Å². The molecule has 1 N–H and O–H groups in total. The van der Waals surface area contributed by atoms with Gasteiger partial charge in [-0.3, -0.25) is 14.8 Å². The van der Waals surface area contributed by atoms with E-state index in [1.165, 1.54) is 17.4 Å². The number of carbonyl (C=O) groups excluding carboxylic acids is 1. The Bertz CT molecular complexity index is 946. The van der Waals surface area contributed by atoms with E-state index in [0.717, 1.165) is 16.8 Å². The summed E-state index contributed by atoms with van der Waals surface area (Å²) in [6, 6.07) is 5.56. The maximum absolute atomic E-state index is 12.0. The molecule has 8 heteroatoms. The van der Waals surface area contributed by atoms with Crippen LogP contribution in [0.15, 0.2) is 42.0 Å². The summed E-state index contributed by atoms with van der Waals surface area (Å²) in [6.45, 7) is 0. The molecule has 0 fully saturated rings. The molecule has 0 unspecified atom stereocenters. The molecule has 2 aromatic heterocycles. The fraction of sp³-hybridized carbons (Fsp3) is 0.167. The molecule has 0 saturated carbocycles. The van der Waals surface area contributed by atoms with Gasteiger partial charge in [0, 0.05) is 35.8 Å². The van der Waals surface area contributed by atoms with Crippen molar-refractivity contribution in [1.29, 1.82) is 0 Å². The summed E-state index contributed by atoms with van der Waals surface area (Å²) in [5.41, 5.74) is 2.49. The van der Waals surface area contributed by atoms with Crippen molar-refractivity contribution in [2.75, 3.05) is 19.5 Å². The third-order valence-corrected chi connectivity index (χ3v) is 4.32. The molecule has 0 aliphatic heterocycles. The average molecular weight is 370 g/mol. The molecule has 0 atom stereocenters. The smallest absolute Gasteiger partial charge is 0.250 e. The molecule has 7 nitrogen and oxygen atoms in total. The molecule has 0 saturated heterocycles. The molecule has 0 spiro atoms. The molecule has 3 aromatic rings. The minimum atomic E-state index is -0.248. The maximum atomic E-state index is 12.0. The molecule has 2 heterocycles. The summed E-state index contributed by atoms with van der Waals surface area (Å²) in [4.78, 5) is 16.5. The molecule has 134 valence electrons. The molecule has 0 radical (unpaired) electrons. The number of aromatic nitrogens is 3. The van der Waals surface area contributed by atoms with Gasteiger partial charge in [-0.15, -0.1) is 11.3 Å². The molecule has 0 aliphatic carbocycles. The van der Waals surface area contributed by atoms with E-state index in [1.54, 1.807) is 31.2 Å². The van der Waals surface area contributed by atoms with Crippen molar-refractivity contribution in [1.82, 2.24) is 14.8 Å². The monoisotopic (exact) mass is 370 g/mol. The zero-order valence-corrected chi connectivity index (χ0v) is 15.4. The van der Waals surface area contributed by atoms with Gasteiger partial charge in [0.2, 0.25) is 5.91 Å². The van der Waals surface area contributed by atoms with Crippen molar-refractivity contribution in [3.05, 3.63) is 47.6 Å². The fourth-order valence-electron chi connectivity index (χ4n) is 2.30. The SMILES string of the molecule is COc1ccc(-c2csc(NC(=O)/C=C/c3cnn(C)c3)n2)cc1OC. The first-order chi connectivity index (χ1) is 12.6. The molecule has 0 bridgehead atoms. The van der Waals surface area contributed by atoms with Crippen molar-refractivity contribution in [2.45, 2.75) is 0 Å². The number of ether oxygens (including phenoxy) is 2. The lowest BCUT2D eigenvalue weighted by Crippen LogP contribution is -2.07. The Morgan fingerprint density at radius 1 is 1.27 bits per heavy atom. The molecular formula is C18H18N4O3S. The van der Waals surface area contributed by atoms with Gasteiger partial charge >= 0.3 is 0 Å². The highest BCUT2D eigenvalue weighted by Gasteiger charge is 2.10. The van der Waals surface area contributed by atoms with Crippen LogP contribution in [0.4, 0.5) is 5.13 Å². The number of rotatable bonds is 6. The number of methoxy groups -OCH3 is 2. The maximum Gasteiger partial charge on any atom is 0.250 e. The second-order valence-electron chi connectivity index (χ2n) is 5.38. The van der Waals surface area contributed by atoms with Gasteiger partial charge in [0.25, 0.3) is 0 Å². The number of nitrogens with one attached hydrogen (secondary N) is 1. The Labute approximate surface area is 154 Å². The molecule has 26 heavy (non-hydrogen) atoms. The first-order valence-corrected chi connectivity index (χ1v) is 8.62. The van der Waals surface area contributed by atoms with Gasteiger partial charge in [-0.2, -0.15) is 5.10 Å². The van der Waals surface area contributed by atoms with Gasteiger partial charge in [0.05, 0.1) is 26.1 Å². The molecule has 1 amide bonds. The van der Waals surface area contributed by atoms with Gasteiger partial charge in [-0.1, -0.05) is 0 Å².